The maximum Gasteiger partial charge on any atom is 0.287 e. The van der Waals surface area contributed by atoms with Gasteiger partial charge in [-0.2, -0.15) is 0 Å². The first kappa shape index (κ1) is 15.7. The monoisotopic (exact) mass is 326 g/mol. The lowest BCUT2D eigenvalue weighted by molar-refractivity contribution is 0.0734. The average molecular weight is 326 g/mol. The number of hydrogen-bond donors (Lipinski definition) is 2. The molecule has 0 radical (unpaired) electrons. The largest absolute Gasteiger partial charge is 0.451 e. The van der Waals surface area contributed by atoms with E-state index in [1.165, 1.54) is 30.4 Å². The number of amides is 1. The lowest BCUT2D eigenvalue weighted by Gasteiger charge is -2.45. The normalized spacial score (nSPS) is 29.6. The fourth-order valence-corrected chi connectivity index (χ4v) is 4.66. The van der Waals surface area contributed by atoms with Gasteiger partial charge in [-0.05, 0) is 80.7 Å². The van der Waals surface area contributed by atoms with E-state index in [0.29, 0.717) is 23.6 Å². The van der Waals surface area contributed by atoms with Crippen molar-refractivity contribution in [2.75, 3.05) is 0 Å². The van der Waals surface area contributed by atoms with Crippen LogP contribution >= 0.6 is 0 Å². The lowest BCUT2D eigenvalue weighted by Crippen LogP contribution is -2.53. The summed E-state index contributed by atoms with van der Waals surface area (Å²) in [6, 6.07) is 6.50. The third-order valence-electron chi connectivity index (χ3n) is 6.03. The first-order valence-electron chi connectivity index (χ1n) is 9.08. The quantitative estimate of drug-likeness (QED) is 0.884. The van der Waals surface area contributed by atoms with Gasteiger partial charge in [0.15, 0.2) is 5.76 Å². The number of furan rings is 1. The molecule has 2 saturated carbocycles. The van der Waals surface area contributed by atoms with Crippen LogP contribution in [0.5, 0.6) is 0 Å². The van der Waals surface area contributed by atoms with Gasteiger partial charge in [0.2, 0.25) is 0 Å². The summed E-state index contributed by atoms with van der Waals surface area (Å²) in [7, 11) is 0. The summed E-state index contributed by atoms with van der Waals surface area (Å²) in [5, 5.41) is 4.25. The van der Waals surface area contributed by atoms with E-state index in [1.807, 2.05) is 12.1 Å². The Labute approximate surface area is 142 Å². The van der Waals surface area contributed by atoms with Gasteiger partial charge in [-0.1, -0.05) is 6.42 Å². The first-order chi connectivity index (χ1) is 11.5. The molecular formula is C20H26N2O2. The molecule has 2 bridgehead atoms. The number of benzene rings is 1. The van der Waals surface area contributed by atoms with Gasteiger partial charge in [-0.15, -0.1) is 0 Å². The summed E-state index contributed by atoms with van der Waals surface area (Å²) in [5.41, 5.74) is 9.36. The van der Waals surface area contributed by atoms with Gasteiger partial charge < -0.3 is 15.5 Å². The molecular weight excluding hydrogens is 300 g/mol. The molecule has 4 nitrogen and oxygen atoms in total. The van der Waals surface area contributed by atoms with Gasteiger partial charge >= 0.3 is 0 Å². The summed E-state index contributed by atoms with van der Waals surface area (Å²) >= 11 is 0. The van der Waals surface area contributed by atoms with Crippen LogP contribution in [0.15, 0.2) is 22.6 Å². The molecule has 2 atom stereocenters. The second kappa shape index (κ2) is 5.92. The zero-order valence-corrected chi connectivity index (χ0v) is 14.5. The average Bonchev–Trinajstić information content (AvgIpc) is 2.91. The molecule has 2 fully saturated rings. The molecule has 0 aliphatic heterocycles. The number of fused-ring (bicyclic) bond motifs is 3. The van der Waals surface area contributed by atoms with Crippen molar-refractivity contribution in [2.24, 2.45) is 17.6 Å². The highest BCUT2D eigenvalue weighted by Gasteiger charge is 2.40. The minimum atomic E-state index is -0.0844. The number of nitrogens with one attached hydrogen (secondary N) is 1. The molecule has 0 saturated heterocycles. The minimum Gasteiger partial charge on any atom is -0.451 e. The van der Waals surface area contributed by atoms with Crippen LogP contribution in [0, 0.1) is 25.7 Å². The highest BCUT2D eigenvalue weighted by Crippen LogP contribution is 2.39. The molecule has 2 unspecified atom stereocenters. The molecule has 1 aromatic carbocycles. The van der Waals surface area contributed by atoms with Gasteiger partial charge in [0.25, 0.3) is 5.91 Å². The topological polar surface area (TPSA) is 68.3 Å². The second-order valence-corrected chi connectivity index (χ2v) is 7.77. The van der Waals surface area contributed by atoms with Crippen LogP contribution in [0.3, 0.4) is 0 Å². The number of hydrogen-bond acceptors (Lipinski definition) is 3. The van der Waals surface area contributed by atoms with Gasteiger partial charge in [0.1, 0.15) is 5.58 Å². The molecule has 1 amide bonds. The van der Waals surface area contributed by atoms with Crippen LogP contribution in [0.1, 0.15) is 53.8 Å². The van der Waals surface area contributed by atoms with Crippen molar-refractivity contribution < 1.29 is 9.21 Å². The molecule has 2 aliphatic rings. The van der Waals surface area contributed by atoms with Crippen LogP contribution in [0.4, 0.5) is 0 Å². The third-order valence-corrected chi connectivity index (χ3v) is 6.03. The fourth-order valence-electron chi connectivity index (χ4n) is 4.66. The van der Waals surface area contributed by atoms with Crippen molar-refractivity contribution in [3.63, 3.8) is 0 Å². The van der Waals surface area contributed by atoms with Gasteiger partial charge in [-0.3, -0.25) is 4.79 Å². The fraction of sp³-hybridized carbons (Fsp3) is 0.550. The Kier molecular flexibility index (Phi) is 3.87. The Morgan fingerprint density at radius 3 is 2.50 bits per heavy atom. The summed E-state index contributed by atoms with van der Waals surface area (Å²) < 4.78 is 5.81. The van der Waals surface area contributed by atoms with E-state index in [0.717, 1.165) is 23.8 Å². The highest BCUT2D eigenvalue weighted by atomic mass is 16.3. The Balaban J connectivity index is 1.56. The SMILES string of the molecule is Cc1cc2cc(C(=O)NC3C4CCCC3CC(N)C4)oc2cc1C. The molecule has 4 rings (SSSR count). The Morgan fingerprint density at radius 1 is 1.12 bits per heavy atom. The van der Waals surface area contributed by atoms with E-state index in [9.17, 15) is 4.79 Å². The van der Waals surface area contributed by atoms with E-state index < -0.39 is 0 Å². The van der Waals surface area contributed by atoms with E-state index in [1.54, 1.807) is 0 Å². The molecule has 2 aliphatic carbocycles. The summed E-state index contributed by atoms with van der Waals surface area (Å²) in [5.74, 6) is 1.37. The Bertz CT molecular complexity index is 726. The smallest absolute Gasteiger partial charge is 0.287 e. The molecule has 1 heterocycles. The number of carbonyl (C=O) groups excluding carboxylic acids is 1. The van der Waals surface area contributed by atoms with Crippen molar-refractivity contribution >= 4 is 16.9 Å². The molecule has 3 N–H and O–H groups in total. The number of nitrogens with two attached hydrogens (primary N) is 1. The van der Waals surface area contributed by atoms with Crippen LogP contribution in [0.25, 0.3) is 11.0 Å². The Morgan fingerprint density at radius 2 is 1.79 bits per heavy atom. The maximum atomic E-state index is 12.7. The van der Waals surface area contributed by atoms with E-state index >= 15 is 0 Å². The van der Waals surface area contributed by atoms with Crippen molar-refractivity contribution in [3.8, 4) is 0 Å². The third kappa shape index (κ3) is 2.73. The Hall–Kier alpha value is -1.81. The molecule has 2 aromatic rings. The van der Waals surface area contributed by atoms with Gasteiger partial charge in [0.05, 0.1) is 0 Å². The van der Waals surface area contributed by atoms with Crippen molar-refractivity contribution in [3.05, 3.63) is 35.1 Å². The second-order valence-electron chi connectivity index (χ2n) is 7.77. The van der Waals surface area contributed by atoms with Crippen LogP contribution < -0.4 is 11.1 Å². The number of rotatable bonds is 2. The minimum absolute atomic E-state index is 0.0844. The molecule has 128 valence electrons. The van der Waals surface area contributed by atoms with Crippen molar-refractivity contribution in [1.29, 1.82) is 0 Å². The van der Waals surface area contributed by atoms with Crippen LogP contribution in [0.2, 0.25) is 0 Å². The van der Waals surface area contributed by atoms with E-state index in [-0.39, 0.29) is 11.9 Å². The zero-order chi connectivity index (χ0) is 16.8. The van der Waals surface area contributed by atoms with Crippen molar-refractivity contribution in [1.82, 2.24) is 5.32 Å². The number of aryl methyl sites for hydroxylation is 2. The predicted octanol–water partition coefficient (Wildman–Crippen LogP) is 3.69. The molecule has 0 spiro atoms. The van der Waals surface area contributed by atoms with E-state index in [4.69, 9.17) is 10.2 Å². The lowest BCUT2D eigenvalue weighted by atomic mass is 9.67. The number of carbonyl (C=O) groups is 1. The standard InChI is InChI=1S/C20H26N2O2/c1-11-6-15-10-18(24-17(15)7-12(11)2)20(23)22-19-13-4-3-5-14(19)9-16(21)8-13/h6-7,10,13-14,16,19H,3-5,8-9,21H2,1-2H3,(H,22,23). The van der Waals surface area contributed by atoms with Gasteiger partial charge in [0, 0.05) is 17.5 Å². The highest BCUT2D eigenvalue weighted by molar-refractivity contribution is 5.96. The molecule has 4 heteroatoms. The summed E-state index contributed by atoms with van der Waals surface area (Å²) in [4.78, 5) is 12.7. The van der Waals surface area contributed by atoms with Gasteiger partial charge in [-0.25, -0.2) is 0 Å². The predicted molar refractivity (Wildman–Crippen MR) is 95.0 cm³/mol. The van der Waals surface area contributed by atoms with Crippen LogP contribution in [-0.4, -0.2) is 18.0 Å². The summed E-state index contributed by atoms with van der Waals surface area (Å²) in [6.45, 7) is 4.14. The van der Waals surface area contributed by atoms with Crippen molar-refractivity contribution in [2.45, 2.75) is 58.0 Å². The van der Waals surface area contributed by atoms with Crippen LogP contribution in [-0.2, 0) is 0 Å². The molecule has 1 aromatic heterocycles. The first-order valence-corrected chi connectivity index (χ1v) is 9.08. The maximum absolute atomic E-state index is 12.7. The zero-order valence-electron chi connectivity index (χ0n) is 14.5. The molecule has 24 heavy (non-hydrogen) atoms. The van der Waals surface area contributed by atoms with E-state index in [2.05, 4.69) is 25.2 Å². The summed E-state index contributed by atoms with van der Waals surface area (Å²) in [6.07, 6.45) is 5.67.